The Morgan fingerprint density at radius 1 is 0.953 bits per heavy atom. The minimum atomic E-state index is -0.590. The molecule has 2 fully saturated rings. The van der Waals surface area contributed by atoms with Crippen molar-refractivity contribution >= 4 is 34.7 Å². The molecular weight excluding hydrogens is 555 g/mol. The molecule has 13 heteroatoms. The molecule has 3 heterocycles. The van der Waals surface area contributed by atoms with Crippen molar-refractivity contribution in [2.75, 3.05) is 41.3 Å². The number of hydrogen-bond donors (Lipinski definition) is 2. The van der Waals surface area contributed by atoms with E-state index in [1.807, 2.05) is 32.6 Å². The maximum Gasteiger partial charge on any atom is 0.329 e. The van der Waals surface area contributed by atoms with E-state index in [4.69, 9.17) is 0 Å². The number of halogens is 1. The summed E-state index contributed by atoms with van der Waals surface area (Å²) in [6.07, 6.45) is 2.29. The molecule has 3 aromatic rings. The molecule has 2 aliphatic rings. The van der Waals surface area contributed by atoms with Gasteiger partial charge in [0.25, 0.3) is 5.91 Å². The summed E-state index contributed by atoms with van der Waals surface area (Å²) in [6, 6.07) is 12.9. The molecule has 2 aromatic carbocycles. The van der Waals surface area contributed by atoms with Crippen LogP contribution in [0.1, 0.15) is 50.9 Å². The van der Waals surface area contributed by atoms with Crippen LogP contribution in [0.15, 0.2) is 54.7 Å². The van der Waals surface area contributed by atoms with Crippen LogP contribution in [0.5, 0.6) is 0 Å². The Hall–Kier alpha value is -4.36. The van der Waals surface area contributed by atoms with Gasteiger partial charge in [-0.15, -0.1) is 10.3 Å². The van der Waals surface area contributed by atoms with Crippen molar-refractivity contribution in [1.29, 1.82) is 0 Å². The Bertz CT molecular complexity index is 1460. The van der Waals surface area contributed by atoms with Gasteiger partial charge >= 0.3 is 5.69 Å². The lowest BCUT2D eigenvalue weighted by atomic mass is 9.79. The van der Waals surface area contributed by atoms with Crippen LogP contribution < -0.4 is 20.4 Å². The predicted octanol–water partition coefficient (Wildman–Crippen LogP) is 4.69. The van der Waals surface area contributed by atoms with E-state index in [2.05, 4.69) is 25.5 Å². The van der Waals surface area contributed by atoms with E-state index < -0.39 is 16.0 Å². The summed E-state index contributed by atoms with van der Waals surface area (Å²) in [6.45, 7) is 9.70. The lowest BCUT2D eigenvalue weighted by Gasteiger charge is -2.50. The Morgan fingerprint density at radius 2 is 1.53 bits per heavy atom. The quantitative estimate of drug-likeness (QED) is 0.296. The number of hydrogen-bond acceptors (Lipinski definition) is 9. The van der Waals surface area contributed by atoms with Gasteiger partial charge in [0.15, 0.2) is 0 Å². The van der Waals surface area contributed by atoms with Gasteiger partial charge in [-0.2, -0.15) is 4.98 Å². The topological polar surface area (TPSA) is 140 Å². The molecule has 227 valence electrons. The third kappa shape index (κ3) is 6.67. The summed E-state index contributed by atoms with van der Waals surface area (Å²) in [4.78, 5) is 36.8. The van der Waals surface area contributed by atoms with Gasteiger partial charge in [-0.25, -0.2) is 9.37 Å². The molecule has 1 amide bonds. The van der Waals surface area contributed by atoms with Gasteiger partial charge in [-0.3, -0.25) is 14.9 Å². The summed E-state index contributed by atoms with van der Waals surface area (Å²) >= 11 is 0. The van der Waals surface area contributed by atoms with E-state index in [1.54, 1.807) is 36.4 Å². The average Bonchev–Trinajstić information content (AvgIpc) is 2.96. The number of nitrogens with zero attached hydrogens (tertiary/aromatic N) is 6. The zero-order valence-electron chi connectivity index (χ0n) is 24.7. The molecule has 0 unspecified atom stereocenters. The molecule has 0 bridgehead atoms. The SMILES string of the molecule is CC1(C)CC(NC(=O)c2ccc(Nc3ncc([N+](=O)[O-])c(N4CCN(c5ccc(F)cc5)CC4)n3)cc2)CC(C)(C)N1[O]. The minimum Gasteiger partial charge on any atom is -0.368 e. The van der Waals surface area contributed by atoms with Crippen LogP contribution in [0.3, 0.4) is 0 Å². The highest BCUT2D eigenvalue weighted by molar-refractivity contribution is 5.94. The van der Waals surface area contributed by atoms with Gasteiger partial charge in [0.05, 0.1) is 4.92 Å². The molecular formula is C30H36FN8O4. The van der Waals surface area contributed by atoms with E-state index >= 15 is 0 Å². The number of carbonyl (C=O) groups excluding carboxylic acids is 1. The van der Waals surface area contributed by atoms with Crippen LogP contribution in [0, 0.1) is 15.9 Å². The van der Waals surface area contributed by atoms with Crippen molar-refractivity contribution in [1.82, 2.24) is 20.3 Å². The van der Waals surface area contributed by atoms with Crippen molar-refractivity contribution in [2.45, 2.75) is 57.7 Å². The standard InChI is InChI=1S/C30H36FN8O4/c1-29(2)17-23(18-30(3,4)39(29)43)33-27(40)20-5-9-22(10-6-20)34-28-32-19-25(38(41)42)26(35-28)37-15-13-36(14-16-37)24-11-7-21(31)8-12-24/h5-12,19,23H,13-18H2,1-4H3,(H,33,40)(H,32,34,35). The van der Waals surface area contributed by atoms with Crippen LogP contribution in [0.2, 0.25) is 0 Å². The summed E-state index contributed by atoms with van der Waals surface area (Å²) in [5.74, 6) is -0.126. The van der Waals surface area contributed by atoms with E-state index in [0.29, 0.717) is 50.3 Å². The highest BCUT2D eigenvalue weighted by atomic mass is 19.1. The maximum atomic E-state index is 13.3. The Balaban J connectivity index is 1.24. The number of amides is 1. The lowest BCUT2D eigenvalue weighted by molar-refractivity contribution is -0.384. The van der Waals surface area contributed by atoms with E-state index in [0.717, 1.165) is 10.8 Å². The second-order valence-electron chi connectivity index (χ2n) is 12.3. The van der Waals surface area contributed by atoms with E-state index in [-0.39, 0.29) is 35.2 Å². The molecule has 12 nitrogen and oxygen atoms in total. The third-order valence-electron chi connectivity index (χ3n) is 8.05. The maximum absolute atomic E-state index is 13.3. The summed E-state index contributed by atoms with van der Waals surface area (Å²) < 4.78 is 13.3. The molecule has 0 saturated carbocycles. The van der Waals surface area contributed by atoms with Gasteiger partial charge in [0.2, 0.25) is 11.8 Å². The molecule has 43 heavy (non-hydrogen) atoms. The van der Waals surface area contributed by atoms with E-state index in [9.17, 15) is 24.5 Å². The molecule has 1 aromatic heterocycles. The number of rotatable bonds is 7. The first-order valence-corrected chi connectivity index (χ1v) is 14.2. The fourth-order valence-electron chi connectivity index (χ4n) is 6.08. The first-order valence-electron chi connectivity index (χ1n) is 14.2. The van der Waals surface area contributed by atoms with Crippen molar-refractivity contribution in [3.63, 3.8) is 0 Å². The van der Waals surface area contributed by atoms with Crippen LogP contribution in [0.4, 0.5) is 33.2 Å². The third-order valence-corrected chi connectivity index (χ3v) is 8.05. The number of nitrogens with one attached hydrogen (secondary N) is 2. The second kappa shape index (κ2) is 11.7. The Morgan fingerprint density at radius 3 is 2.12 bits per heavy atom. The van der Waals surface area contributed by atoms with Gasteiger partial charge in [0.1, 0.15) is 12.0 Å². The molecule has 5 rings (SSSR count). The summed E-state index contributed by atoms with van der Waals surface area (Å²) in [5.41, 5.74) is 0.593. The minimum absolute atomic E-state index is 0.134. The van der Waals surface area contributed by atoms with Crippen LogP contribution >= 0.6 is 0 Å². The van der Waals surface area contributed by atoms with Crippen molar-refractivity contribution in [3.8, 4) is 0 Å². The number of anilines is 4. The van der Waals surface area contributed by atoms with Gasteiger partial charge in [-0.1, -0.05) is 0 Å². The molecule has 2 N–H and O–H groups in total. The highest BCUT2D eigenvalue weighted by Crippen LogP contribution is 2.37. The Kier molecular flexibility index (Phi) is 8.21. The Labute approximate surface area is 249 Å². The number of aromatic nitrogens is 2. The molecule has 0 atom stereocenters. The lowest BCUT2D eigenvalue weighted by Crippen LogP contribution is -2.62. The number of piperidine rings is 1. The average molecular weight is 592 g/mol. The molecule has 2 aliphatic heterocycles. The highest BCUT2D eigenvalue weighted by Gasteiger charge is 2.46. The monoisotopic (exact) mass is 591 g/mol. The first kappa shape index (κ1) is 30.1. The fourth-order valence-corrected chi connectivity index (χ4v) is 6.08. The second-order valence-corrected chi connectivity index (χ2v) is 12.3. The van der Waals surface area contributed by atoms with Crippen molar-refractivity contribution in [3.05, 3.63) is 76.2 Å². The molecule has 1 radical (unpaired) electrons. The van der Waals surface area contributed by atoms with Crippen molar-refractivity contribution in [2.24, 2.45) is 0 Å². The normalized spacial score (nSPS) is 18.7. The predicted molar refractivity (Wildman–Crippen MR) is 160 cm³/mol. The van der Waals surface area contributed by atoms with Crippen LogP contribution in [0.25, 0.3) is 0 Å². The zero-order valence-corrected chi connectivity index (χ0v) is 24.7. The van der Waals surface area contributed by atoms with Crippen LogP contribution in [-0.4, -0.2) is 69.2 Å². The first-order chi connectivity index (χ1) is 20.3. The number of piperazine rings is 1. The number of nitro groups is 1. The summed E-state index contributed by atoms with van der Waals surface area (Å²) in [5, 5.41) is 31.7. The van der Waals surface area contributed by atoms with E-state index in [1.165, 1.54) is 18.3 Å². The van der Waals surface area contributed by atoms with Gasteiger partial charge < -0.3 is 20.4 Å². The van der Waals surface area contributed by atoms with Crippen LogP contribution in [-0.2, 0) is 5.21 Å². The molecule has 0 aliphatic carbocycles. The number of hydroxylamine groups is 2. The zero-order chi connectivity index (χ0) is 30.9. The number of benzene rings is 2. The fraction of sp³-hybridized carbons (Fsp3) is 0.433. The molecule has 2 saturated heterocycles. The molecule has 0 spiro atoms. The van der Waals surface area contributed by atoms with Gasteiger partial charge in [0, 0.05) is 60.2 Å². The number of carbonyl (C=O) groups is 1. The summed E-state index contributed by atoms with van der Waals surface area (Å²) in [7, 11) is 0. The van der Waals surface area contributed by atoms with Gasteiger partial charge in [-0.05, 0) is 89.1 Å². The largest absolute Gasteiger partial charge is 0.368 e. The smallest absolute Gasteiger partial charge is 0.329 e. The van der Waals surface area contributed by atoms with Crippen molar-refractivity contribution < 1.29 is 19.3 Å².